The maximum atomic E-state index is 13.9. The van der Waals surface area contributed by atoms with Crippen LogP contribution in [0.25, 0.3) is 0 Å². The molecule has 220 valence electrons. The molecule has 1 heterocycles. The number of amides is 1. The second-order valence-corrected chi connectivity index (χ2v) is 14.4. The van der Waals surface area contributed by atoms with E-state index in [2.05, 4.69) is 69.6 Å². The minimum atomic E-state index is -0.926. The molecular weight excluding hydrogens is 562 g/mol. The van der Waals surface area contributed by atoms with Crippen molar-refractivity contribution in [1.82, 2.24) is 0 Å². The second kappa shape index (κ2) is 13.1. The average molecular weight is 613 g/mol. The summed E-state index contributed by atoms with van der Waals surface area (Å²) in [5.41, 5.74) is 3.81. The highest BCUT2D eigenvalue weighted by Crippen LogP contribution is 2.45. The average Bonchev–Trinajstić information content (AvgIpc) is 3.72. The molecule has 1 saturated carbocycles. The Morgan fingerprint density at radius 2 is 1.68 bits per heavy atom. The highest BCUT2D eigenvalue weighted by molar-refractivity contribution is 9.10. The molecule has 1 amide bonds. The number of anilines is 1. The van der Waals surface area contributed by atoms with E-state index in [0.29, 0.717) is 23.6 Å². The van der Waals surface area contributed by atoms with Crippen molar-refractivity contribution in [3.05, 3.63) is 63.1 Å². The summed E-state index contributed by atoms with van der Waals surface area (Å²) in [7, 11) is 0. The number of hydrogen-bond donors (Lipinski definition) is 1. The third-order valence-corrected chi connectivity index (χ3v) is 9.31. The molecule has 5 heteroatoms. The molecule has 2 aromatic rings. The first-order chi connectivity index (χ1) is 18.9. The summed E-state index contributed by atoms with van der Waals surface area (Å²) in [5, 5.41) is 11.3. The van der Waals surface area contributed by atoms with Crippen LogP contribution in [0.4, 0.5) is 5.69 Å². The number of hydrogen-bond acceptors (Lipinski definition) is 3. The summed E-state index contributed by atoms with van der Waals surface area (Å²) >= 11 is 3.79. The van der Waals surface area contributed by atoms with Crippen LogP contribution in [-0.4, -0.2) is 23.3 Å². The van der Waals surface area contributed by atoms with E-state index in [1.54, 1.807) is 4.90 Å². The lowest BCUT2D eigenvalue weighted by atomic mass is 9.84. The van der Waals surface area contributed by atoms with E-state index in [0.717, 1.165) is 28.4 Å². The van der Waals surface area contributed by atoms with Gasteiger partial charge in [-0.1, -0.05) is 107 Å². The van der Waals surface area contributed by atoms with Gasteiger partial charge in [-0.2, -0.15) is 0 Å². The lowest BCUT2D eigenvalue weighted by Crippen LogP contribution is -2.47. The third kappa shape index (κ3) is 7.38. The number of carbonyl (C=O) groups excluding carboxylic acids is 1. The fourth-order valence-electron chi connectivity index (χ4n) is 6.16. The van der Waals surface area contributed by atoms with Crippen LogP contribution in [0.1, 0.15) is 139 Å². The van der Waals surface area contributed by atoms with E-state index < -0.39 is 11.8 Å². The Morgan fingerprint density at radius 3 is 2.33 bits per heavy atom. The van der Waals surface area contributed by atoms with E-state index in [-0.39, 0.29) is 17.4 Å². The molecule has 0 radical (unpaired) electrons. The molecule has 4 nitrogen and oxygen atoms in total. The SMILES string of the molecule is CCCCCCCCCC(OC(C)(C)c1c(Br)cccc1N1C(=O)c2ccc(C3CC3)cc2CC1O)C(C)(C)C. The lowest BCUT2D eigenvalue weighted by Gasteiger charge is -2.42. The van der Waals surface area contributed by atoms with Crippen molar-refractivity contribution in [3.8, 4) is 0 Å². The smallest absolute Gasteiger partial charge is 0.260 e. The van der Waals surface area contributed by atoms with Gasteiger partial charge in [-0.25, -0.2) is 0 Å². The summed E-state index contributed by atoms with van der Waals surface area (Å²) in [5.74, 6) is 0.462. The van der Waals surface area contributed by atoms with Crippen LogP contribution in [0, 0.1) is 5.41 Å². The number of fused-ring (bicyclic) bond motifs is 1. The highest BCUT2D eigenvalue weighted by atomic mass is 79.9. The van der Waals surface area contributed by atoms with Gasteiger partial charge in [0, 0.05) is 22.0 Å². The van der Waals surface area contributed by atoms with Crippen LogP contribution in [0.15, 0.2) is 40.9 Å². The molecule has 40 heavy (non-hydrogen) atoms. The Bertz CT molecular complexity index is 1160. The number of unbranched alkanes of at least 4 members (excludes halogenated alkanes) is 6. The molecule has 0 aromatic heterocycles. The van der Waals surface area contributed by atoms with Gasteiger partial charge in [0.1, 0.15) is 6.23 Å². The van der Waals surface area contributed by atoms with Gasteiger partial charge in [0.25, 0.3) is 5.91 Å². The van der Waals surface area contributed by atoms with Gasteiger partial charge >= 0.3 is 0 Å². The van der Waals surface area contributed by atoms with Crippen LogP contribution in [0.2, 0.25) is 0 Å². The predicted molar refractivity (Wildman–Crippen MR) is 169 cm³/mol. The first kappa shape index (κ1) is 31.3. The summed E-state index contributed by atoms with van der Waals surface area (Å²) in [6.07, 6.45) is 11.9. The van der Waals surface area contributed by atoms with Crippen LogP contribution >= 0.6 is 15.9 Å². The minimum Gasteiger partial charge on any atom is -0.373 e. The maximum absolute atomic E-state index is 13.9. The van der Waals surface area contributed by atoms with Crippen molar-refractivity contribution in [2.75, 3.05) is 4.90 Å². The molecular formula is C35H50BrNO3. The summed E-state index contributed by atoms with van der Waals surface area (Å²) < 4.78 is 7.87. The predicted octanol–water partition coefficient (Wildman–Crippen LogP) is 9.65. The molecule has 1 fully saturated rings. The third-order valence-electron chi connectivity index (χ3n) is 8.65. The quantitative estimate of drug-likeness (QED) is 0.229. The van der Waals surface area contributed by atoms with Crippen LogP contribution in [-0.2, 0) is 16.8 Å². The van der Waals surface area contributed by atoms with Crippen molar-refractivity contribution < 1.29 is 14.6 Å². The molecule has 2 unspecified atom stereocenters. The highest BCUT2D eigenvalue weighted by Gasteiger charge is 2.40. The van der Waals surface area contributed by atoms with Crippen molar-refractivity contribution in [3.63, 3.8) is 0 Å². The number of rotatable bonds is 13. The van der Waals surface area contributed by atoms with Crippen molar-refractivity contribution in [1.29, 1.82) is 0 Å². The molecule has 1 aliphatic heterocycles. The maximum Gasteiger partial charge on any atom is 0.260 e. The fourth-order valence-corrected chi connectivity index (χ4v) is 7.00. The van der Waals surface area contributed by atoms with Gasteiger partial charge < -0.3 is 9.84 Å². The van der Waals surface area contributed by atoms with Gasteiger partial charge in [0.15, 0.2) is 0 Å². The van der Waals surface area contributed by atoms with E-state index in [1.807, 2.05) is 24.3 Å². The Kier molecular flexibility index (Phi) is 10.2. The van der Waals surface area contributed by atoms with E-state index in [4.69, 9.17) is 4.74 Å². The Morgan fingerprint density at radius 1 is 1.00 bits per heavy atom. The molecule has 0 bridgehead atoms. The molecule has 2 aromatic carbocycles. The number of ether oxygens (including phenoxy) is 1. The topological polar surface area (TPSA) is 49.8 Å². The number of carbonyl (C=O) groups is 1. The number of nitrogens with zero attached hydrogens (tertiary/aromatic N) is 1. The number of aliphatic hydroxyl groups excluding tert-OH is 1. The minimum absolute atomic E-state index is 0.0282. The Balaban J connectivity index is 1.56. The largest absolute Gasteiger partial charge is 0.373 e. The van der Waals surface area contributed by atoms with Crippen LogP contribution < -0.4 is 4.90 Å². The Hall–Kier alpha value is -1.69. The van der Waals surface area contributed by atoms with E-state index in [1.165, 1.54) is 56.9 Å². The fraction of sp³-hybridized carbons (Fsp3) is 0.629. The molecule has 4 rings (SSSR count). The van der Waals surface area contributed by atoms with Crippen molar-refractivity contribution >= 4 is 27.5 Å². The summed E-state index contributed by atoms with van der Waals surface area (Å²) in [6, 6.07) is 12.1. The zero-order chi connectivity index (χ0) is 29.1. The second-order valence-electron chi connectivity index (χ2n) is 13.6. The van der Waals surface area contributed by atoms with Gasteiger partial charge in [0.2, 0.25) is 0 Å². The molecule has 2 atom stereocenters. The van der Waals surface area contributed by atoms with Crippen molar-refractivity contribution in [2.45, 2.75) is 136 Å². The molecule has 0 spiro atoms. The molecule has 0 saturated heterocycles. The monoisotopic (exact) mass is 611 g/mol. The zero-order valence-electron chi connectivity index (χ0n) is 25.6. The van der Waals surface area contributed by atoms with Gasteiger partial charge in [0.05, 0.1) is 17.4 Å². The number of aliphatic hydroxyl groups is 1. The molecule has 1 N–H and O–H groups in total. The number of halogens is 1. The van der Waals surface area contributed by atoms with E-state index in [9.17, 15) is 9.90 Å². The lowest BCUT2D eigenvalue weighted by molar-refractivity contribution is -0.122. The first-order valence-corrected chi connectivity index (χ1v) is 16.3. The molecule has 1 aliphatic carbocycles. The number of benzene rings is 2. The Labute approximate surface area is 251 Å². The van der Waals surface area contributed by atoms with Crippen molar-refractivity contribution in [2.24, 2.45) is 5.41 Å². The van der Waals surface area contributed by atoms with E-state index >= 15 is 0 Å². The van der Waals surface area contributed by atoms with Gasteiger partial charge in [-0.3, -0.25) is 9.69 Å². The first-order valence-electron chi connectivity index (χ1n) is 15.5. The van der Waals surface area contributed by atoms with Crippen LogP contribution in [0.3, 0.4) is 0 Å². The van der Waals surface area contributed by atoms with Crippen LogP contribution in [0.5, 0.6) is 0 Å². The van der Waals surface area contributed by atoms with Gasteiger partial charge in [-0.15, -0.1) is 0 Å². The summed E-state index contributed by atoms with van der Waals surface area (Å²) in [6.45, 7) is 13.2. The molecule has 2 aliphatic rings. The normalized spacial score (nSPS) is 18.6. The standard InChI is InChI=1S/C35H50BrNO3/c1-7-8-9-10-11-12-13-17-30(34(2,3)4)40-35(5,6)32-28(36)15-14-16-29(32)37-31(38)23-26-22-25(24-18-19-24)20-21-27(26)33(37)39/h14-16,20-22,24,30-31,38H,7-13,17-19,23H2,1-6H3. The summed E-state index contributed by atoms with van der Waals surface area (Å²) in [4.78, 5) is 15.5. The zero-order valence-corrected chi connectivity index (χ0v) is 27.1. The van der Waals surface area contributed by atoms with Gasteiger partial charge in [-0.05, 0) is 73.8 Å².